The third-order valence-corrected chi connectivity index (χ3v) is 8.25. The number of imidazole rings is 1. The smallest absolute Gasteiger partial charge is 0.418 e. The second-order valence-corrected chi connectivity index (χ2v) is 13.0. The van der Waals surface area contributed by atoms with Crippen molar-refractivity contribution in [2.45, 2.75) is 78.7 Å². The summed E-state index contributed by atoms with van der Waals surface area (Å²) >= 11 is 0. The minimum absolute atomic E-state index is 0.0395. The number of aromatic nitrogens is 2. The van der Waals surface area contributed by atoms with Gasteiger partial charge in [-0.25, -0.2) is 4.98 Å². The Kier molecular flexibility index (Phi) is 5.92. The van der Waals surface area contributed by atoms with Crippen molar-refractivity contribution in [1.29, 1.82) is 0 Å². The van der Waals surface area contributed by atoms with Crippen LogP contribution in [0.3, 0.4) is 0 Å². The second kappa shape index (κ2) is 10.0. The molecule has 2 aromatic heterocycles. The number of benzene rings is 4. The molecular weight excluding hydrogens is 545 g/mol. The lowest BCUT2D eigenvalue weighted by molar-refractivity contribution is -0.136. The van der Waals surface area contributed by atoms with Gasteiger partial charge in [0.1, 0.15) is 17.0 Å². The highest BCUT2D eigenvalue weighted by Gasteiger charge is 2.36. The zero-order valence-electron chi connectivity index (χ0n) is 28.4. The molecule has 3 nitrogen and oxygen atoms in total. The number of hydrogen-bond acceptors (Lipinski definition) is 2. The van der Waals surface area contributed by atoms with E-state index in [9.17, 15) is 13.2 Å². The highest BCUT2D eigenvalue weighted by atomic mass is 19.4. The molecule has 0 N–H and O–H groups in total. The van der Waals surface area contributed by atoms with Crippen molar-refractivity contribution >= 4 is 33.0 Å². The van der Waals surface area contributed by atoms with E-state index in [4.69, 9.17) is 13.5 Å². The van der Waals surface area contributed by atoms with E-state index >= 15 is 0 Å². The molecule has 0 unspecified atom stereocenters. The average molecular weight is 586 g/mol. The number of alkyl halides is 3. The summed E-state index contributed by atoms with van der Waals surface area (Å²) in [6, 6.07) is 18.5. The molecule has 0 spiro atoms. The summed E-state index contributed by atoms with van der Waals surface area (Å²) in [4.78, 5) is 4.88. The Balaban J connectivity index is 1.86. The first kappa shape index (κ1) is 25.4. The maximum atomic E-state index is 14.8. The molecule has 0 atom stereocenters. The number of rotatable bonds is 4. The maximum Gasteiger partial charge on any atom is 0.418 e. The van der Waals surface area contributed by atoms with Gasteiger partial charge < -0.3 is 4.42 Å². The monoisotopic (exact) mass is 585 g/mol. The minimum Gasteiger partial charge on any atom is -0.455 e. The summed E-state index contributed by atoms with van der Waals surface area (Å²) in [6.45, 7) is 12.1. The van der Waals surface area contributed by atoms with Crippen molar-refractivity contribution in [2.24, 2.45) is 0 Å². The molecule has 6 aromatic rings. The topological polar surface area (TPSA) is 31.0 Å². The van der Waals surface area contributed by atoms with E-state index in [-0.39, 0.29) is 45.3 Å². The molecule has 0 aliphatic rings. The van der Waals surface area contributed by atoms with Gasteiger partial charge in [-0.3, -0.25) is 4.57 Å². The molecule has 0 aliphatic heterocycles. The molecule has 6 rings (SSSR count). The molecule has 2 heterocycles. The zero-order valence-corrected chi connectivity index (χ0v) is 25.4. The lowest BCUT2D eigenvalue weighted by Gasteiger charge is -2.28. The van der Waals surface area contributed by atoms with E-state index in [0.29, 0.717) is 27.6 Å². The molecular formula is C37H37F3N2O. The number of nitrogens with zero attached hydrogens (tertiary/aromatic N) is 2. The summed E-state index contributed by atoms with van der Waals surface area (Å²) < 4.78 is 77.3. The van der Waals surface area contributed by atoms with E-state index in [2.05, 4.69) is 32.9 Å². The first-order valence-corrected chi connectivity index (χ1v) is 14.6. The fourth-order valence-electron chi connectivity index (χ4n) is 6.01. The molecule has 0 saturated carbocycles. The Bertz CT molecular complexity index is 2100. The molecule has 0 saturated heterocycles. The molecule has 0 radical (unpaired) electrons. The first-order chi connectivity index (χ1) is 21.4. The van der Waals surface area contributed by atoms with Gasteiger partial charge in [0.2, 0.25) is 0 Å². The Labute approximate surface area is 254 Å². The van der Waals surface area contributed by atoms with Crippen LogP contribution in [-0.2, 0) is 11.6 Å². The molecule has 6 heteroatoms. The van der Waals surface area contributed by atoms with Gasteiger partial charge in [-0.15, -0.1) is 0 Å². The Hall–Kier alpha value is -4.06. The van der Waals surface area contributed by atoms with E-state index < -0.39 is 18.6 Å². The van der Waals surface area contributed by atoms with Gasteiger partial charge in [0.15, 0.2) is 0 Å². The maximum absolute atomic E-state index is 14.8. The molecule has 0 fully saturated rings. The third-order valence-electron chi connectivity index (χ3n) is 8.25. The summed E-state index contributed by atoms with van der Waals surface area (Å²) in [6.07, 6.45) is -4.66. The van der Waals surface area contributed by atoms with Gasteiger partial charge in [-0.1, -0.05) is 90.9 Å². The van der Waals surface area contributed by atoms with Crippen LogP contribution >= 0.6 is 0 Å². The average Bonchev–Trinajstić information content (AvgIpc) is 3.53. The standard InChI is InChI=1S/C37H37F3N2O/c1-20(2)26-18-23(36(6,7)8)19-27(21(3)4)32(26)42-33-28(37(38,39)40)13-11-14-29(33)41-35(42)25-17-16-22(5)31-24-12-9-10-15-30(24)43-34(25)31/h9-21H,1-8H3/i5D3. The number of hydrogen-bond donors (Lipinski definition) is 0. The number of para-hydroxylation sites is 2. The summed E-state index contributed by atoms with van der Waals surface area (Å²) in [5.74, 6) is 0.171. The van der Waals surface area contributed by atoms with Crippen LogP contribution in [0.1, 0.15) is 92.2 Å². The SMILES string of the molecule is [2H]C([2H])([2H])c1ccc(-c2nc3cccc(C(F)(F)F)c3n2-c2c(C(C)C)cc(C(C)(C)C)cc2C(C)C)c2oc3ccccc3c12. The lowest BCUT2D eigenvalue weighted by atomic mass is 9.81. The number of furan rings is 1. The van der Waals surface area contributed by atoms with Gasteiger partial charge in [-0.2, -0.15) is 13.2 Å². The van der Waals surface area contributed by atoms with Crippen LogP contribution in [0.2, 0.25) is 0 Å². The Morgan fingerprint density at radius 3 is 2.14 bits per heavy atom. The third kappa shape index (κ3) is 4.72. The van der Waals surface area contributed by atoms with Crippen molar-refractivity contribution < 1.29 is 21.7 Å². The largest absolute Gasteiger partial charge is 0.455 e. The Morgan fingerprint density at radius 1 is 0.860 bits per heavy atom. The normalized spacial score (nSPS) is 14.3. The van der Waals surface area contributed by atoms with Crippen LogP contribution in [0.15, 0.2) is 71.1 Å². The van der Waals surface area contributed by atoms with Gasteiger partial charge in [-0.05, 0) is 70.6 Å². The summed E-state index contributed by atoms with van der Waals surface area (Å²) in [5.41, 5.74) is 3.92. The van der Waals surface area contributed by atoms with E-state index in [1.807, 2.05) is 27.7 Å². The molecule has 0 amide bonds. The van der Waals surface area contributed by atoms with Crippen molar-refractivity contribution in [3.63, 3.8) is 0 Å². The minimum atomic E-state index is -4.66. The van der Waals surface area contributed by atoms with Crippen LogP contribution in [0.5, 0.6) is 0 Å². The van der Waals surface area contributed by atoms with Crippen LogP contribution in [0.4, 0.5) is 13.2 Å². The molecule has 43 heavy (non-hydrogen) atoms. The van der Waals surface area contributed by atoms with E-state index in [1.165, 1.54) is 12.1 Å². The van der Waals surface area contributed by atoms with Crippen molar-refractivity contribution in [1.82, 2.24) is 9.55 Å². The van der Waals surface area contributed by atoms with Gasteiger partial charge in [0, 0.05) is 14.9 Å². The predicted octanol–water partition coefficient (Wildman–Crippen LogP) is 11.5. The van der Waals surface area contributed by atoms with Crippen molar-refractivity contribution in [2.75, 3.05) is 0 Å². The fraction of sp³-hybridized carbons (Fsp3) is 0.324. The first-order valence-electron chi connectivity index (χ1n) is 16.1. The Morgan fingerprint density at radius 2 is 1.53 bits per heavy atom. The quantitative estimate of drug-likeness (QED) is 0.206. The van der Waals surface area contributed by atoms with E-state index in [0.717, 1.165) is 22.8 Å². The predicted molar refractivity (Wildman–Crippen MR) is 170 cm³/mol. The molecule has 0 bridgehead atoms. The summed E-state index contributed by atoms with van der Waals surface area (Å²) in [7, 11) is 0. The number of aryl methyl sites for hydroxylation is 1. The van der Waals surface area contributed by atoms with Crippen LogP contribution in [-0.4, -0.2) is 9.55 Å². The zero-order chi connectivity index (χ0) is 33.5. The van der Waals surface area contributed by atoms with Crippen LogP contribution in [0, 0.1) is 6.85 Å². The molecule has 0 aliphatic carbocycles. The molecule has 4 aromatic carbocycles. The van der Waals surface area contributed by atoms with Gasteiger partial charge in [0.05, 0.1) is 27.8 Å². The highest BCUT2D eigenvalue weighted by Crippen LogP contribution is 2.45. The number of halogens is 3. The molecule has 222 valence electrons. The van der Waals surface area contributed by atoms with Gasteiger partial charge in [0.25, 0.3) is 0 Å². The van der Waals surface area contributed by atoms with Crippen molar-refractivity contribution in [3.05, 3.63) is 94.5 Å². The van der Waals surface area contributed by atoms with E-state index in [1.54, 1.807) is 41.0 Å². The van der Waals surface area contributed by atoms with Crippen LogP contribution < -0.4 is 0 Å². The number of fused-ring (bicyclic) bond motifs is 4. The second-order valence-electron chi connectivity index (χ2n) is 13.0. The van der Waals surface area contributed by atoms with Crippen molar-refractivity contribution in [3.8, 4) is 17.1 Å². The van der Waals surface area contributed by atoms with Crippen LogP contribution in [0.25, 0.3) is 50.0 Å². The fourth-order valence-corrected chi connectivity index (χ4v) is 6.01. The lowest BCUT2D eigenvalue weighted by Crippen LogP contribution is -2.17. The summed E-state index contributed by atoms with van der Waals surface area (Å²) in [5, 5.41) is 1.02. The van der Waals surface area contributed by atoms with Gasteiger partial charge >= 0.3 is 6.18 Å². The highest BCUT2D eigenvalue weighted by molar-refractivity contribution is 6.11.